The van der Waals surface area contributed by atoms with Gasteiger partial charge in [0.25, 0.3) is 0 Å². The van der Waals surface area contributed by atoms with Gasteiger partial charge in [0.1, 0.15) is 0 Å². The number of amides is 1. The van der Waals surface area contributed by atoms with Crippen molar-refractivity contribution in [1.82, 2.24) is 5.32 Å². The van der Waals surface area contributed by atoms with E-state index in [1.807, 2.05) is 13.8 Å². The van der Waals surface area contributed by atoms with Crippen molar-refractivity contribution in [2.24, 2.45) is 11.7 Å². The molecule has 0 aromatic heterocycles. The van der Waals surface area contributed by atoms with Crippen molar-refractivity contribution < 1.29 is 14.6 Å². The van der Waals surface area contributed by atoms with Gasteiger partial charge in [-0.05, 0) is 23.6 Å². The van der Waals surface area contributed by atoms with Gasteiger partial charge in [-0.2, -0.15) is 0 Å². The number of nitrogens with two attached hydrogens (primary N) is 1. The number of nitrogens with one attached hydrogen (secondary N) is 1. The van der Waals surface area contributed by atoms with E-state index in [9.17, 15) is 9.90 Å². The second-order valence-corrected chi connectivity index (χ2v) is 4.64. The van der Waals surface area contributed by atoms with Gasteiger partial charge >= 0.3 is 0 Å². The smallest absolute Gasteiger partial charge is 0.237 e. The van der Waals surface area contributed by atoms with Crippen LogP contribution in [0.3, 0.4) is 0 Å². The molecule has 0 heterocycles. The Balaban J connectivity index is 2.59. The van der Waals surface area contributed by atoms with Crippen LogP contribution in [0.5, 0.6) is 11.5 Å². The maximum absolute atomic E-state index is 11.8. The maximum atomic E-state index is 11.8. The Morgan fingerprint density at radius 2 is 2.21 bits per heavy atom. The number of carbonyl (C=O) groups is 1. The summed E-state index contributed by atoms with van der Waals surface area (Å²) < 4.78 is 5.01. The maximum Gasteiger partial charge on any atom is 0.237 e. The minimum absolute atomic E-state index is 0.0777. The third-order valence-corrected chi connectivity index (χ3v) is 3.27. The van der Waals surface area contributed by atoms with Crippen LogP contribution in [0.2, 0.25) is 0 Å². The Labute approximate surface area is 113 Å². The SMILES string of the molecule is CCC(C)[C@H](N)C(=O)NCc1ccc(O)c(OC)c1. The molecule has 0 fully saturated rings. The topological polar surface area (TPSA) is 84.6 Å². The standard InChI is InChI=1S/C14H22N2O3/c1-4-9(2)13(15)14(18)16-8-10-5-6-11(17)12(7-10)19-3/h5-7,9,13,17H,4,8,15H2,1-3H3,(H,16,18)/t9?,13-/m0/s1. The zero-order valence-electron chi connectivity index (χ0n) is 11.6. The highest BCUT2D eigenvalue weighted by Crippen LogP contribution is 2.26. The number of carbonyl (C=O) groups excluding carboxylic acids is 1. The van der Waals surface area contributed by atoms with E-state index >= 15 is 0 Å². The van der Waals surface area contributed by atoms with E-state index in [1.165, 1.54) is 13.2 Å². The summed E-state index contributed by atoms with van der Waals surface area (Å²) in [6, 6.07) is 4.45. The first-order chi connectivity index (χ1) is 8.99. The summed E-state index contributed by atoms with van der Waals surface area (Å²) in [5.74, 6) is 0.447. The second kappa shape index (κ2) is 6.99. The van der Waals surface area contributed by atoms with Crippen LogP contribution >= 0.6 is 0 Å². The van der Waals surface area contributed by atoms with E-state index in [-0.39, 0.29) is 17.6 Å². The molecule has 1 amide bonds. The van der Waals surface area contributed by atoms with Gasteiger partial charge in [-0.1, -0.05) is 26.3 Å². The number of methoxy groups -OCH3 is 1. The molecule has 1 rings (SSSR count). The Bertz CT molecular complexity index is 435. The Morgan fingerprint density at radius 1 is 1.53 bits per heavy atom. The molecular formula is C14H22N2O3. The number of benzene rings is 1. The third kappa shape index (κ3) is 4.13. The lowest BCUT2D eigenvalue weighted by molar-refractivity contribution is -0.123. The number of rotatable bonds is 6. The van der Waals surface area contributed by atoms with Crippen molar-refractivity contribution in [3.05, 3.63) is 23.8 Å². The van der Waals surface area contributed by atoms with Gasteiger partial charge in [0.05, 0.1) is 13.2 Å². The van der Waals surface area contributed by atoms with E-state index in [0.29, 0.717) is 12.3 Å². The number of aromatic hydroxyl groups is 1. The largest absolute Gasteiger partial charge is 0.504 e. The summed E-state index contributed by atoms with van der Waals surface area (Å²) in [4.78, 5) is 11.8. The Kier molecular flexibility index (Phi) is 5.63. The zero-order chi connectivity index (χ0) is 14.4. The molecule has 1 aromatic carbocycles. The summed E-state index contributed by atoms with van der Waals surface area (Å²) in [6.07, 6.45) is 0.863. The highest BCUT2D eigenvalue weighted by molar-refractivity contribution is 5.81. The van der Waals surface area contributed by atoms with Crippen LogP contribution in [-0.4, -0.2) is 24.2 Å². The lowest BCUT2D eigenvalue weighted by Crippen LogP contribution is -2.44. The van der Waals surface area contributed by atoms with Crippen LogP contribution in [-0.2, 0) is 11.3 Å². The van der Waals surface area contributed by atoms with Crippen molar-refractivity contribution in [2.75, 3.05) is 7.11 Å². The highest BCUT2D eigenvalue weighted by atomic mass is 16.5. The van der Waals surface area contributed by atoms with E-state index < -0.39 is 6.04 Å². The van der Waals surface area contributed by atoms with Gasteiger partial charge in [0, 0.05) is 6.54 Å². The van der Waals surface area contributed by atoms with Crippen LogP contribution in [0.15, 0.2) is 18.2 Å². The number of phenolic OH excluding ortho intramolecular Hbond substituents is 1. The molecule has 4 N–H and O–H groups in total. The molecule has 0 radical (unpaired) electrons. The molecule has 0 spiro atoms. The monoisotopic (exact) mass is 266 g/mol. The Morgan fingerprint density at radius 3 is 2.79 bits per heavy atom. The predicted molar refractivity (Wildman–Crippen MR) is 73.9 cm³/mol. The van der Waals surface area contributed by atoms with Crippen molar-refractivity contribution >= 4 is 5.91 Å². The number of hydrogen-bond acceptors (Lipinski definition) is 4. The predicted octanol–water partition coefficient (Wildman–Crippen LogP) is 1.39. The minimum Gasteiger partial charge on any atom is -0.504 e. The van der Waals surface area contributed by atoms with Crippen LogP contribution in [0.25, 0.3) is 0 Å². The van der Waals surface area contributed by atoms with E-state index in [2.05, 4.69) is 5.32 Å². The lowest BCUT2D eigenvalue weighted by Gasteiger charge is -2.17. The fraction of sp³-hybridized carbons (Fsp3) is 0.500. The quantitative estimate of drug-likeness (QED) is 0.726. The van der Waals surface area contributed by atoms with Gasteiger partial charge in [-0.15, -0.1) is 0 Å². The highest BCUT2D eigenvalue weighted by Gasteiger charge is 2.18. The van der Waals surface area contributed by atoms with Crippen molar-refractivity contribution in [3.8, 4) is 11.5 Å². The third-order valence-electron chi connectivity index (χ3n) is 3.27. The average Bonchev–Trinajstić information content (AvgIpc) is 2.44. The molecule has 1 aromatic rings. The summed E-state index contributed by atoms with van der Waals surface area (Å²) in [5.41, 5.74) is 6.69. The van der Waals surface area contributed by atoms with E-state index in [1.54, 1.807) is 12.1 Å². The van der Waals surface area contributed by atoms with Crippen LogP contribution in [0.1, 0.15) is 25.8 Å². The molecule has 1 unspecified atom stereocenters. The molecule has 19 heavy (non-hydrogen) atoms. The summed E-state index contributed by atoms with van der Waals surface area (Å²) >= 11 is 0. The average molecular weight is 266 g/mol. The number of hydrogen-bond donors (Lipinski definition) is 3. The molecule has 2 atom stereocenters. The van der Waals surface area contributed by atoms with E-state index in [4.69, 9.17) is 10.5 Å². The molecule has 106 valence electrons. The van der Waals surface area contributed by atoms with Gasteiger partial charge in [-0.25, -0.2) is 0 Å². The fourth-order valence-electron chi connectivity index (χ4n) is 1.65. The molecule has 5 nitrogen and oxygen atoms in total. The zero-order valence-corrected chi connectivity index (χ0v) is 11.6. The van der Waals surface area contributed by atoms with Crippen LogP contribution in [0, 0.1) is 5.92 Å². The second-order valence-electron chi connectivity index (χ2n) is 4.64. The van der Waals surface area contributed by atoms with Gasteiger partial charge < -0.3 is 20.9 Å². The molecule has 0 aliphatic rings. The summed E-state index contributed by atoms with van der Waals surface area (Å²) in [7, 11) is 1.48. The fourth-order valence-corrected chi connectivity index (χ4v) is 1.65. The molecule has 0 bridgehead atoms. The first-order valence-corrected chi connectivity index (χ1v) is 6.38. The van der Waals surface area contributed by atoms with Gasteiger partial charge in [-0.3, -0.25) is 4.79 Å². The van der Waals surface area contributed by atoms with Gasteiger partial charge in [0.15, 0.2) is 11.5 Å². The number of ether oxygens (including phenoxy) is 1. The Hall–Kier alpha value is -1.75. The van der Waals surface area contributed by atoms with Crippen LogP contribution in [0.4, 0.5) is 0 Å². The normalized spacial score (nSPS) is 13.7. The first-order valence-electron chi connectivity index (χ1n) is 6.38. The van der Waals surface area contributed by atoms with Crippen molar-refractivity contribution in [1.29, 1.82) is 0 Å². The summed E-state index contributed by atoms with van der Waals surface area (Å²) in [6.45, 7) is 4.32. The molecule has 5 heteroatoms. The van der Waals surface area contributed by atoms with Crippen molar-refractivity contribution in [3.63, 3.8) is 0 Å². The minimum atomic E-state index is -0.496. The molecule has 0 saturated heterocycles. The van der Waals surface area contributed by atoms with E-state index in [0.717, 1.165) is 12.0 Å². The molecular weight excluding hydrogens is 244 g/mol. The number of phenols is 1. The first kappa shape index (κ1) is 15.3. The van der Waals surface area contributed by atoms with Gasteiger partial charge in [0.2, 0.25) is 5.91 Å². The molecule has 0 aliphatic heterocycles. The summed E-state index contributed by atoms with van der Waals surface area (Å²) in [5, 5.41) is 12.3. The molecule has 0 saturated carbocycles. The van der Waals surface area contributed by atoms with Crippen molar-refractivity contribution in [2.45, 2.75) is 32.9 Å². The van der Waals surface area contributed by atoms with Crippen LogP contribution < -0.4 is 15.8 Å². The lowest BCUT2D eigenvalue weighted by atomic mass is 9.99. The molecule has 0 aliphatic carbocycles.